The lowest BCUT2D eigenvalue weighted by Gasteiger charge is -2.09. The van der Waals surface area contributed by atoms with Gasteiger partial charge in [0.25, 0.3) is 5.56 Å². The van der Waals surface area contributed by atoms with Crippen molar-refractivity contribution >= 4 is 33.2 Å². The SMILES string of the molecule is CCCCCn1c(=O)c2sccc2n2c(CCC(=O)NCc3cccc(OC)c3)nnc12. The summed E-state index contributed by atoms with van der Waals surface area (Å²) in [5.41, 5.74) is 1.76. The zero-order valence-electron chi connectivity index (χ0n) is 18.3. The van der Waals surface area contributed by atoms with Gasteiger partial charge in [-0.25, -0.2) is 0 Å². The molecule has 4 rings (SSSR count). The highest BCUT2D eigenvalue weighted by molar-refractivity contribution is 7.17. The quantitative estimate of drug-likeness (QED) is 0.371. The number of fused-ring (bicyclic) bond motifs is 3. The number of hydrogen-bond donors (Lipinski definition) is 1. The second kappa shape index (κ2) is 9.95. The molecule has 0 saturated carbocycles. The van der Waals surface area contributed by atoms with Crippen molar-refractivity contribution in [2.24, 2.45) is 0 Å². The number of methoxy groups -OCH3 is 1. The molecule has 8 nitrogen and oxygen atoms in total. The molecule has 1 amide bonds. The number of unbranched alkanes of at least 4 members (excludes halogenated alkanes) is 2. The van der Waals surface area contributed by atoms with Crippen LogP contribution in [0.4, 0.5) is 0 Å². The Hall–Kier alpha value is -3.20. The van der Waals surface area contributed by atoms with Crippen molar-refractivity contribution in [2.45, 2.75) is 52.1 Å². The monoisotopic (exact) mass is 453 g/mol. The number of hydrogen-bond acceptors (Lipinski definition) is 6. The molecule has 0 radical (unpaired) electrons. The van der Waals surface area contributed by atoms with Gasteiger partial charge in [-0.1, -0.05) is 31.9 Å². The maximum atomic E-state index is 13.0. The molecule has 3 heterocycles. The van der Waals surface area contributed by atoms with Crippen LogP contribution in [0.25, 0.3) is 16.0 Å². The van der Waals surface area contributed by atoms with Gasteiger partial charge in [0.05, 0.1) is 12.6 Å². The van der Waals surface area contributed by atoms with Crippen molar-refractivity contribution in [3.05, 3.63) is 57.5 Å². The Bertz CT molecular complexity index is 1290. The van der Waals surface area contributed by atoms with Crippen LogP contribution < -0.4 is 15.6 Å². The Kier molecular flexibility index (Phi) is 6.84. The lowest BCUT2D eigenvalue weighted by atomic mass is 10.2. The number of thiophene rings is 1. The second-order valence-corrected chi connectivity index (χ2v) is 8.59. The minimum Gasteiger partial charge on any atom is -0.497 e. The zero-order chi connectivity index (χ0) is 22.5. The zero-order valence-corrected chi connectivity index (χ0v) is 19.2. The summed E-state index contributed by atoms with van der Waals surface area (Å²) >= 11 is 1.43. The summed E-state index contributed by atoms with van der Waals surface area (Å²) in [7, 11) is 1.62. The van der Waals surface area contributed by atoms with E-state index in [0.717, 1.165) is 36.1 Å². The summed E-state index contributed by atoms with van der Waals surface area (Å²) in [5, 5.41) is 13.5. The van der Waals surface area contributed by atoms with Gasteiger partial charge in [0.2, 0.25) is 11.7 Å². The molecule has 1 aromatic carbocycles. The van der Waals surface area contributed by atoms with Crippen molar-refractivity contribution < 1.29 is 9.53 Å². The molecule has 3 aromatic heterocycles. The van der Waals surface area contributed by atoms with Crippen LogP contribution in [-0.2, 0) is 24.3 Å². The van der Waals surface area contributed by atoms with Gasteiger partial charge in [-0.2, -0.15) is 0 Å². The summed E-state index contributed by atoms with van der Waals surface area (Å²) < 4.78 is 9.56. The number of aryl methyl sites for hydroxylation is 2. The van der Waals surface area contributed by atoms with Crippen molar-refractivity contribution in [3.8, 4) is 5.75 Å². The molecule has 0 fully saturated rings. The van der Waals surface area contributed by atoms with Crippen molar-refractivity contribution in [1.29, 1.82) is 0 Å². The van der Waals surface area contributed by atoms with Gasteiger partial charge in [-0.05, 0) is 35.6 Å². The molecular formula is C23H27N5O3S. The van der Waals surface area contributed by atoms with Crippen LogP contribution >= 0.6 is 11.3 Å². The standard InChI is InChI=1S/C23H27N5O3S/c1-3-4-5-12-27-22(30)21-18(11-13-32-21)28-19(25-26-23(27)28)9-10-20(29)24-15-16-7-6-8-17(14-16)31-2/h6-8,11,13-14H,3-5,9-10,12,15H2,1-2H3,(H,24,29). The van der Waals surface area contributed by atoms with Crippen molar-refractivity contribution in [2.75, 3.05) is 7.11 Å². The fourth-order valence-corrected chi connectivity index (χ4v) is 4.58. The predicted octanol–water partition coefficient (Wildman–Crippen LogP) is 3.55. The Labute approximate surface area is 189 Å². The normalized spacial score (nSPS) is 11.3. The topological polar surface area (TPSA) is 90.5 Å². The fourth-order valence-electron chi connectivity index (χ4n) is 3.76. The number of ether oxygens (including phenoxy) is 1. The highest BCUT2D eigenvalue weighted by Crippen LogP contribution is 2.20. The summed E-state index contributed by atoms with van der Waals surface area (Å²) in [5.74, 6) is 1.92. The van der Waals surface area contributed by atoms with Crippen LogP contribution in [0.3, 0.4) is 0 Å². The maximum Gasteiger partial charge on any atom is 0.272 e. The van der Waals surface area contributed by atoms with Crippen LogP contribution in [-0.4, -0.2) is 32.2 Å². The largest absolute Gasteiger partial charge is 0.497 e. The molecule has 0 bridgehead atoms. The van der Waals surface area contributed by atoms with Crippen molar-refractivity contribution in [3.63, 3.8) is 0 Å². The van der Waals surface area contributed by atoms with Gasteiger partial charge >= 0.3 is 0 Å². The molecule has 168 valence electrons. The van der Waals surface area contributed by atoms with Gasteiger partial charge in [0.1, 0.15) is 16.3 Å². The van der Waals surface area contributed by atoms with Gasteiger partial charge in [0, 0.05) is 25.9 Å². The molecule has 0 aliphatic heterocycles. The first-order valence-corrected chi connectivity index (χ1v) is 11.7. The first-order chi connectivity index (χ1) is 15.6. The Morgan fingerprint density at radius 1 is 1.22 bits per heavy atom. The van der Waals surface area contributed by atoms with E-state index >= 15 is 0 Å². The molecule has 4 aromatic rings. The van der Waals surface area contributed by atoms with Crippen LogP contribution in [0.5, 0.6) is 5.75 Å². The first-order valence-electron chi connectivity index (χ1n) is 10.9. The Morgan fingerprint density at radius 3 is 2.91 bits per heavy atom. The molecule has 1 N–H and O–H groups in total. The Balaban J connectivity index is 1.51. The number of nitrogens with one attached hydrogen (secondary N) is 1. The molecule has 0 spiro atoms. The third-order valence-corrected chi connectivity index (χ3v) is 6.36. The number of aromatic nitrogens is 4. The number of carbonyl (C=O) groups is 1. The van der Waals surface area contributed by atoms with Crippen LogP contribution in [0.1, 0.15) is 44.0 Å². The van der Waals surface area contributed by atoms with Gasteiger partial charge < -0.3 is 10.1 Å². The smallest absolute Gasteiger partial charge is 0.272 e. The second-order valence-electron chi connectivity index (χ2n) is 7.68. The van der Waals surface area contributed by atoms with Crippen LogP contribution in [0.2, 0.25) is 0 Å². The van der Waals surface area contributed by atoms with E-state index in [1.165, 1.54) is 11.3 Å². The van der Waals surface area contributed by atoms with Crippen LogP contribution in [0.15, 0.2) is 40.5 Å². The number of amides is 1. The third-order valence-electron chi connectivity index (χ3n) is 5.46. The average molecular weight is 454 g/mol. The number of nitrogens with zero attached hydrogens (tertiary/aromatic N) is 4. The minimum absolute atomic E-state index is 0.0198. The van der Waals surface area contributed by atoms with E-state index in [1.54, 1.807) is 11.7 Å². The molecule has 0 atom stereocenters. The number of carbonyl (C=O) groups excluding carboxylic acids is 1. The molecular weight excluding hydrogens is 426 g/mol. The number of benzene rings is 1. The predicted molar refractivity (Wildman–Crippen MR) is 125 cm³/mol. The van der Waals surface area contributed by atoms with E-state index in [4.69, 9.17) is 4.74 Å². The van der Waals surface area contributed by atoms with E-state index in [1.807, 2.05) is 40.1 Å². The molecule has 0 aliphatic carbocycles. The fraction of sp³-hybridized carbons (Fsp3) is 0.391. The molecule has 0 aliphatic rings. The molecule has 0 saturated heterocycles. The van der Waals surface area contributed by atoms with E-state index < -0.39 is 0 Å². The molecule has 9 heteroatoms. The minimum atomic E-state index is -0.0672. The van der Waals surface area contributed by atoms with E-state index in [-0.39, 0.29) is 17.9 Å². The van der Waals surface area contributed by atoms with Gasteiger partial charge in [0.15, 0.2) is 0 Å². The van der Waals surface area contributed by atoms with Gasteiger partial charge in [-0.15, -0.1) is 21.5 Å². The van der Waals surface area contributed by atoms with Crippen molar-refractivity contribution in [1.82, 2.24) is 24.5 Å². The van der Waals surface area contributed by atoms with E-state index in [2.05, 4.69) is 22.4 Å². The highest BCUT2D eigenvalue weighted by atomic mass is 32.1. The van der Waals surface area contributed by atoms with Crippen LogP contribution in [0, 0.1) is 0 Å². The van der Waals surface area contributed by atoms with E-state index in [9.17, 15) is 9.59 Å². The highest BCUT2D eigenvalue weighted by Gasteiger charge is 2.18. The first kappa shape index (κ1) is 22.0. The van der Waals surface area contributed by atoms with Gasteiger partial charge in [-0.3, -0.25) is 18.6 Å². The molecule has 32 heavy (non-hydrogen) atoms. The lowest BCUT2D eigenvalue weighted by Crippen LogP contribution is -2.24. The summed E-state index contributed by atoms with van der Waals surface area (Å²) in [6.45, 7) is 3.18. The average Bonchev–Trinajstić information content (AvgIpc) is 3.46. The van der Waals surface area contributed by atoms with E-state index in [0.29, 0.717) is 35.8 Å². The third kappa shape index (κ3) is 4.52. The lowest BCUT2D eigenvalue weighted by molar-refractivity contribution is -0.121. The maximum absolute atomic E-state index is 13.0. The number of rotatable bonds is 10. The Morgan fingerprint density at radius 2 is 2.09 bits per heavy atom. The molecule has 0 unspecified atom stereocenters. The summed E-state index contributed by atoms with van der Waals surface area (Å²) in [4.78, 5) is 25.4. The summed E-state index contributed by atoms with van der Waals surface area (Å²) in [6.07, 6.45) is 3.76. The summed E-state index contributed by atoms with van der Waals surface area (Å²) in [6, 6.07) is 9.53.